The van der Waals surface area contributed by atoms with E-state index >= 15 is 0 Å². The molecule has 2 heterocycles. The summed E-state index contributed by atoms with van der Waals surface area (Å²) in [4.78, 5) is 9.87. The lowest BCUT2D eigenvalue weighted by molar-refractivity contribution is -0.0520. The average molecular weight is 603 g/mol. The Kier molecular flexibility index (Phi) is 7.82. The van der Waals surface area contributed by atoms with Gasteiger partial charge >= 0.3 is 0 Å². The van der Waals surface area contributed by atoms with Crippen LogP contribution in [0.15, 0.2) is 60.9 Å². The molecule has 4 aliphatic carbocycles. The van der Waals surface area contributed by atoms with E-state index < -0.39 is 24.1 Å². The standard InChI is InChI=1S/C34H48N2P2Si2/c1-39(2,3)30-18-27(23-38(32-11-7-9-13-35-32)33-12-8-10-14-36-33)28(19-31(30)40(4,5)6)34-20-24-15-25(21-34)17-26(16-24)29(34)22-37/h7-14,18-19,24-26,29H,15-17,20-23,37H2,1-6H3. The Morgan fingerprint density at radius 2 is 1.35 bits per heavy atom. The first-order chi connectivity index (χ1) is 19.0. The van der Waals surface area contributed by atoms with Crippen LogP contribution in [0.25, 0.3) is 0 Å². The SMILES string of the molecule is C[Si](C)(C)c1cc(CP(c2ccccn2)c2ccccn2)c(C23CC4CC(CC(C4)C2CP)C3)cc1[Si](C)(C)C. The number of aromatic nitrogens is 2. The van der Waals surface area contributed by atoms with Gasteiger partial charge in [-0.05, 0) is 103 Å². The third kappa shape index (κ3) is 5.25. The first kappa shape index (κ1) is 28.9. The zero-order chi connectivity index (χ0) is 28.3. The van der Waals surface area contributed by atoms with Crippen LogP contribution < -0.4 is 21.2 Å². The summed E-state index contributed by atoms with van der Waals surface area (Å²) in [5.74, 6) is 3.57. The second-order valence-electron chi connectivity index (χ2n) is 15.1. The third-order valence-corrected chi connectivity index (χ3v) is 17.5. The summed E-state index contributed by atoms with van der Waals surface area (Å²) in [5.41, 5.74) is 6.14. The van der Waals surface area contributed by atoms with Gasteiger partial charge in [0.05, 0.1) is 27.0 Å². The minimum Gasteiger partial charge on any atom is -0.256 e. The molecule has 2 aromatic heterocycles. The number of nitrogens with zero attached hydrogens (tertiary/aromatic N) is 2. The highest BCUT2D eigenvalue weighted by atomic mass is 31.1. The van der Waals surface area contributed by atoms with Gasteiger partial charge in [0.25, 0.3) is 0 Å². The molecule has 4 bridgehead atoms. The highest BCUT2D eigenvalue weighted by Gasteiger charge is 2.57. The third-order valence-electron chi connectivity index (χ3n) is 10.4. The van der Waals surface area contributed by atoms with Gasteiger partial charge in [0, 0.05) is 26.5 Å². The minimum atomic E-state index is -1.56. The van der Waals surface area contributed by atoms with Crippen LogP contribution in [0, 0.1) is 23.7 Å². The van der Waals surface area contributed by atoms with Gasteiger partial charge in [-0.3, -0.25) is 9.97 Å². The largest absolute Gasteiger partial charge is 0.256 e. The Balaban J connectivity index is 1.58. The summed E-state index contributed by atoms with van der Waals surface area (Å²) in [6, 6.07) is 18.5. The van der Waals surface area contributed by atoms with Crippen LogP contribution in [0.3, 0.4) is 0 Å². The fourth-order valence-corrected chi connectivity index (χ4v) is 17.1. The molecule has 4 saturated carbocycles. The van der Waals surface area contributed by atoms with Crippen LogP contribution in [0.4, 0.5) is 0 Å². The molecule has 0 spiro atoms. The maximum atomic E-state index is 4.93. The van der Waals surface area contributed by atoms with Gasteiger partial charge in [0.1, 0.15) is 0 Å². The molecule has 2 nitrogen and oxygen atoms in total. The van der Waals surface area contributed by atoms with E-state index in [1.54, 1.807) is 21.5 Å². The van der Waals surface area contributed by atoms with Crippen LogP contribution >= 0.6 is 17.2 Å². The summed E-state index contributed by atoms with van der Waals surface area (Å²) < 4.78 is 0. The van der Waals surface area contributed by atoms with Gasteiger partial charge in [0.2, 0.25) is 0 Å². The summed E-state index contributed by atoms with van der Waals surface area (Å²) in [6.45, 7) is 15.4. The monoisotopic (exact) mass is 602 g/mol. The van der Waals surface area contributed by atoms with Crippen LogP contribution in [0.5, 0.6) is 0 Å². The Hall–Kier alpha value is -1.19. The maximum Gasteiger partial charge on any atom is 0.0774 e. The van der Waals surface area contributed by atoms with E-state index in [4.69, 9.17) is 9.97 Å². The second-order valence-corrected chi connectivity index (χ2v) is 27.8. The molecule has 212 valence electrons. The van der Waals surface area contributed by atoms with Crippen molar-refractivity contribution in [3.05, 3.63) is 72.1 Å². The zero-order valence-electron chi connectivity index (χ0n) is 25.5. The Labute approximate surface area is 248 Å². The molecule has 4 fully saturated rings. The van der Waals surface area contributed by atoms with E-state index in [1.807, 2.05) is 24.5 Å². The van der Waals surface area contributed by atoms with E-state index in [1.165, 1.54) is 49.1 Å². The minimum absolute atomic E-state index is 0.341. The number of rotatable bonds is 8. The molecule has 0 radical (unpaired) electrons. The Morgan fingerprint density at radius 1 is 0.800 bits per heavy atom. The predicted molar refractivity (Wildman–Crippen MR) is 184 cm³/mol. The predicted octanol–water partition coefficient (Wildman–Crippen LogP) is 6.77. The fraction of sp³-hybridized carbons (Fsp3) is 0.529. The molecule has 1 aromatic carbocycles. The van der Waals surface area contributed by atoms with Crippen LogP contribution in [0.1, 0.15) is 43.2 Å². The summed E-state index contributed by atoms with van der Waals surface area (Å²) >= 11 is 0. The van der Waals surface area contributed by atoms with Crippen molar-refractivity contribution in [1.82, 2.24) is 9.97 Å². The number of benzene rings is 1. The number of hydrogen-bond donors (Lipinski definition) is 0. The Bertz CT molecular complexity index is 1300. The molecule has 3 aromatic rings. The van der Waals surface area contributed by atoms with E-state index in [2.05, 4.69) is 84.9 Å². The molecule has 0 amide bonds. The second kappa shape index (κ2) is 10.8. The zero-order valence-corrected chi connectivity index (χ0v) is 29.5. The Morgan fingerprint density at radius 3 is 1.82 bits per heavy atom. The molecule has 4 unspecified atom stereocenters. The van der Waals surface area contributed by atoms with Crippen molar-refractivity contribution in [2.75, 3.05) is 6.16 Å². The van der Waals surface area contributed by atoms with Gasteiger partial charge in [-0.15, -0.1) is 9.24 Å². The first-order valence-electron chi connectivity index (χ1n) is 15.5. The molecule has 0 saturated heterocycles. The van der Waals surface area contributed by atoms with Crippen LogP contribution in [-0.2, 0) is 11.6 Å². The summed E-state index contributed by atoms with van der Waals surface area (Å²) in [6.07, 6.45) is 13.5. The molecule has 4 atom stereocenters. The topological polar surface area (TPSA) is 25.8 Å². The van der Waals surface area contributed by atoms with Crippen LogP contribution in [0.2, 0.25) is 39.3 Å². The van der Waals surface area contributed by atoms with E-state index in [0.717, 1.165) is 29.8 Å². The molecule has 6 heteroatoms. The normalized spacial score (nSPS) is 27.9. The molecule has 4 aliphatic rings. The molecule has 0 aliphatic heterocycles. The lowest BCUT2D eigenvalue weighted by Crippen LogP contribution is -2.59. The highest BCUT2D eigenvalue weighted by Crippen LogP contribution is 2.64. The van der Waals surface area contributed by atoms with Crippen molar-refractivity contribution < 1.29 is 0 Å². The lowest BCUT2D eigenvalue weighted by Gasteiger charge is -2.62. The van der Waals surface area contributed by atoms with E-state index in [0.29, 0.717) is 5.41 Å². The number of pyridine rings is 2. The molecule has 0 N–H and O–H groups in total. The van der Waals surface area contributed by atoms with Gasteiger partial charge < -0.3 is 0 Å². The van der Waals surface area contributed by atoms with Crippen molar-refractivity contribution >= 4 is 54.6 Å². The average Bonchev–Trinajstić information content (AvgIpc) is 2.91. The molecule has 40 heavy (non-hydrogen) atoms. The summed E-state index contributed by atoms with van der Waals surface area (Å²) in [5, 5.41) is 3.47. The first-order valence-corrected chi connectivity index (χ1v) is 24.8. The lowest BCUT2D eigenvalue weighted by atomic mass is 9.43. The van der Waals surface area contributed by atoms with E-state index in [-0.39, 0.29) is 0 Å². The van der Waals surface area contributed by atoms with Gasteiger partial charge in [0.15, 0.2) is 0 Å². The van der Waals surface area contributed by atoms with Gasteiger partial charge in [-0.1, -0.05) is 73.9 Å². The van der Waals surface area contributed by atoms with Crippen molar-refractivity contribution in [3.8, 4) is 0 Å². The molecular formula is C34H48N2P2Si2. The van der Waals surface area contributed by atoms with Gasteiger partial charge in [-0.25, -0.2) is 0 Å². The van der Waals surface area contributed by atoms with Gasteiger partial charge in [-0.2, -0.15) is 0 Å². The molecular weight excluding hydrogens is 555 g/mol. The summed E-state index contributed by atoms with van der Waals surface area (Å²) in [7, 11) is -0.590. The quantitative estimate of drug-likeness (QED) is 0.210. The molecule has 7 rings (SSSR count). The smallest absolute Gasteiger partial charge is 0.0774 e. The maximum absolute atomic E-state index is 4.93. The van der Waals surface area contributed by atoms with Crippen molar-refractivity contribution in [1.29, 1.82) is 0 Å². The number of hydrogen-bond acceptors (Lipinski definition) is 2. The highest BCUT2D eigenvalue weighted by molar-refractivity contribution is 7.71. The fourth-order valence-electron chi connectivity index (χ4n) is 8.94. The van der Waals surface area contributed by atoms with E-state index in [9.17, 15) is 0 Å². The van der Waals surface area contributed by atoms with Crippen LogP contribution in [-0.4, -0.2) is 32.3 Å². The van der Waals surface area contributed by atoms with Crippen molar-refractivity contribution in [2.24, 2.45) is 23.7 Å². The van der Waals surface area contributed by atoms with Crippen molar-refractivity contribution in [3.63, 3.8) is 0 Å². The van der Waals surface area contributed by atoms with Crippen molar-refractivity contribution in [2.45, 2.75) is 83.0 Å².